The Morgan fingerprint density at radius 1 is 1.19 bits per heavy atom. The van der Waals surface area contributed by atoms with Gasteiger partial charge in [-0.3, -0.25) is 4.79 Å². The molecule has 2 N–H and O–H groups in total. The van der Waals surface area contributed by atoms with Crippen molar-refractivity contribution in [3.8, 4) is 6.07 Å². The van der Waals surface area contributed by atoms with Crippen molar-refractivity contribution in [3.05, 3.63) is 75.7 Å². The molecule has 0 bridgehead atoms. The smallest absolute Gasteiger partial charge is 0.274 e. The van der Waals surface area contributed by atoms with Crippen LogP contribution in [0, 0.1) is 18.3 Å². The summed E-state index contributed by atoms with van der Waals surface area (Å²) >= 11 is 0. The van der Waals surface area contributed by atoms with Crippen LogP contribution in [0.1, 0.15) is 16.8 Å². The number of aromatic nitrogens is 1. The summed E-state index contributed by atoms with van der Waals surface area (Å²) in [6, 6.07) is 13.0. The molecule has 0 aliphatic heterocycles. The Kier molecular flexibility index (Phi) is 4.57. The van der Waals surface area contributed by atoms with Gasteiger partial charge in [-0.1, -0.05) is 24.3 Å². The fourth-order valence-electron chi connectivity index (χ4n) is 2.03. The molecule has 2 rings (SSSR count). The normalized spacial score (nSPS) is 10.7. The van der Waals surface area contributed by atoms with Crippen molar-refractivity contribution in [1.29, 1.82) is 5.26 Å². The van der Waals surface area contributed by atoms with E-state index in [-0.39, 0.29) is 11.2 Å². The largest absolute Gasteiger partial charge is 0.394 e. The van der Waals surface area contributed by atoms with Crippen LogP contribution >= 0.6 is 0 Å². The number of allylic oxidation sites excluding steroid dienone is 2. The molecule has 0 aliphatic carbocycles. The van der Waals surface area contributed by atoms with Gasteiger partial charge < -0.3 is 10.3 Å². The Bertz CT molecular complexity index is 749. The lowest BCUT2D eigenvalue weighted by atomic mass is 10.1. The number of anilines is 1. The number of nitrogen functional groups attached to an aromatic ring is 1. The molecule has 0 amide bonds. The highest BCUT2D eigenvalue weighted by molar-refractivity contribution is 5.35. The number of hydrogen-bond donors (Lipinski definition) is 1. The quantitative estimate of drug-likeness (QED) is 0.873. The third-order valence-corrected chi connectivity index (χ3v) is 3.31. The number of hydrogen-bond acceptors (Lipinski definition) is 3. The van der Waals surface area contributed by atoms with Crippen molar-refractivity contribution in [2.45, 2.75) is 19.9 Å². The highest BCUT2D eigenvalue weighted by Crippen LogP contribution is 2.05. The van der Waals surface area contributed by atoms with Crippen molar-refractivity contribution in [3.63, 3.8) is 0 Å². The van der Waals surface area contributed by atoms with Crippen molar-refractivity contribution in [1.82, 2.24) is 4.57 Å². The molecule has 106 valence electrons. The van der Waals surface area contributed by atoms with Gasteiger partial charge in [0.25, 0.3) is 5.56 Å². The van der Waals surface area contributed by atoms with Gasteiger partial charge >= 0.3 is 0 Å². The van der Waals surface area contributed by atoms with E-state index in [0.29, 0.717) is 12.1 Å². The predicted octanol–water partition coefficient (Wildman–Crippen LogP) is 2.41. The average Bonchev–Trinajstić information content (AvgIpc) is 2.51. The first-order chi connectivity index (χ1) is 10.1. The second-order valence-electron chi connectivity index (χ2n) is 4.83. The van der Waals surface area contributed by atoms with Gasteiger partial charge in [0.1, 0.15) is 0 Å². The predicted molar refractivity (Wildman–Crippen MR) is 83.9 cm³/mol. The molecule has 4 heteroatoms. The lowest BCUT2D eigenvalue weighted by molar-refractivity contribution is 0.748. The summed E-state index contributed by atoms with van der Waals surface area (Å²) in [6.07, 6.45) is 4.73. The van der Waals surface area contributed by atoms with Crippen LogP contribution in [0.2, 0.25) is 0 Å². The maximum atomic E-state index is 11.9. The highest BCUT2D eigenvalue weighted by Gasteiger charge is 2.01. The highest BCUT2D eigenvalue weighted by atomic mass is 16.1. The Morgan fingerprint density at radius 2 is 1.90 bits per heavy atom. The van der Waals surface area contributed by atoms with E-state index in [2.05, 4.69) is 6.07 Å². The van der Waals surface area contributed by atoms with E-state index in [9.17, 15) is 4.79 Å². The van der Waals surface area contributed by atoms with Gasteiger partial charge in [-0.25, -0.2) is 0 Å². The lowest BCUT2D eigenvalue weighted by Gasteiger charge is -2.07. The topological polar surface area (TPSA) is 71.8 Å². The minimum Gasteiger partial charge on any atom is -0.394 e. The summed E-state index contributed by atoms with van der Waals surface area (Å²) in [4.78, 5) is 11.9. The molecule has 21 heavy (non-hydrogen) atoms. The van der Waals surface area contributed by atoms with Crippen LogP contribution in [0.15, 0.2) is 53.3 Å². The fourth-order valence-corrected chi connectivity index (χ4v) is 2.03. The van der Waals surface area contributed by atoms with Gasteiger partial charge in [0.15, 0.2) is 0 Å². The fraction of sp³-hybridized carbons (Fsp3) is 0.176. The Balaban J connectivity index is 2.02. The standard InChI is InChI=1S/C17H17N3O/c1-13-5-10-16(19)17(21)20(13)11-3-2-4-14-6-8-15(12-18)9-7-14/h2-3,5-10H,4,11,19H2,1H3/b3-2+. The van der Waals surface area contributed by atoms with E-state index in [1.54, 1.807) is 22.8 Å². The zero-order chi connectivity index (χ0) is 15.2. The molecule has 0 aliphatic rings. The molecule has 0 atom stereocenters. The second-order valence-corrected chi connectivity index (χ2v) is 4.83. The van der Waals surface area contributed by atoms with Crippen LogP contribution in [0.25, 0.3) is 0 Å². The van der Waals surface area contributed by atoms with Crippen molar-refractivity contribution in [2.24, 2.45) is 0 Å². The second kappa shape index (κ2) is 6.58. The van der Waals surface area contributed by atoms with Gasteiger partial charge in [-0.05, 0) is 43.2 Å². The minimum atomic E-state index is -0.155. The molecule has 0 saturated heterocycles. The van der Waals surface area contributed by atoms with E-state index >= 15 is 0 Å². The molecule has 0 fully saturated rings. The summed E-state index contributed by atoms with van der Waals surface area (Å²) in [7, 11) is 0. The van der Waals surface area contributed by atoms with Gasteiger partial charge in [0.2, 0.25) is 0 Å². The molecular formula is C17H17N3O. The number of nitrogens with zero attached hydrogens (tertiary/aromatic N) is 2. The van der Waals surface area contributed by atoms with E-state index in [0.717, 1.165) is 17.7 Å². The molecule has 1 aromatic carbocycles. The third-order valence-electron chi connectivity index (χ3n) is 3.31. The molecule has 2 aromatic rings. The molecule has 4 nitrogen and oxygen atoms in total. The number of pyridine rings is 1. The molecular weight excluding hydrogens is 262 g/mol. The van der Waals surface area contributed by atoms with Crippen molar-refractivity contribution in [2.75, 3.05) is 5.73 Å². The monoisotopic (exact) mass is 279 g/mol. The van der Waals surface area contributed by atoms with E-state index in [1.807, 2.05) is 37.3 Å². The summed E-state index contributed by atoms with van der Waals surface area (Å²) in [6.45, 7) is 2.39. The van der Waals surface area contributed by atoms with Crippen LogP contribution in [-0.2, 0) is 13.0 Å². The molecule has 0 spiro atoms. The van der Waals surface area contributed by atoms with Gasteiger partial charge in [0.05, 0.1) is 17.3 Å². The van der Waals surface area contributed by atoms with E-state index in [1.165, 1.54) is 0 Å². The van der Waals surface area contributed by atoms with Crippen LogP contribution in [-0.4, -0.2) is 4.57 Å². The average molecular weight is 279 g/mol. The van der Waals surface area contributed by atoms with Gasteiger partial charge in [-0.15, -0.1) is 0 Å². The van der Waals surface area contributed by atoms with Gasteiger partial charge in [0, 0.05) is 12.2 Å². The Morgan fingerprint density at radius 3 is 2.57 bits per heavy atom. The summed E-state index contributed by atoms with van der Waals surface area (Å²) in [5.41, 5.74) is 8.41. The van der Waals surface area contributed by atoms with Gasteiger partial charge in [-0.2, -0.15) is 5.26 Å². The van der Waals surface area contributed by atoms with E-state index < -0.39 is 0 Å². The first-order valence-electron chi connectivity index (χ1n) is 6.72. The molecule has 0 radical (unpaired) electrons. The van der Waals surface area contributed by atoms with E-state index in [4.69, 9.17) is 11.0 Å². The molecule has 0 saturated carbocycles. The summed E-state index contributed by atoms with van der Waals surface area (Å²) in [5, 5.41) is 8.74. The van der Waals surface area contributed by atoms with Crippen LogP contribution < -0.4 is 11.3 Å². The van der Waals surface area contributed by atoms with Crippen molar-refractivity contribution >= 4 is 5.69 Å². The lowest BCUT2D eigenvalue weighted by Crippen LogP contribution is -2.23. The zero-order valence-corrected chi connectivity index (χ0v) is 11.9. The Hall–Kier alpha value is -2.80. The number of aryl methyl sites for hydroxylation is 1. The number of benzene rings is 1. The Labute approximate surface area is 123 Å². The third kappa shape index (κ3) is 3.61. The molecule has 1 aromatic heterocycles. The number of nitriles is 1. The summed E-state index contributed by atoms with van der Waals surface area (Å²) in [5.74, 6) is 0. The maximum Gasteiger partial charge on any atom is 0.274 e. The molecule has 1 heterocycles. The maximum absolute atomic E-state index is 11.9. The zero-order valence-electron chi connectivity index (χ0n) is 11.9. The SMILES string of the molecule is Cc1ccc(N)c(=O)n1C/C=C/Cc1ccc(C#N)cc1. The minimum absolute atomic E-state index is 0.155. The molecule has 0 unspecified atom stereocenters. The van der Waals surface area contributed by atoms with Crippen LogP contribution in [0.5, 0.6) is 0 Å². The number of rotatable bonds is 4. The number of nitrogens with two attached hydrogens (primary N) is 1. The first-order valence-corrected chi connectivity index (χ1v) is 6.72. The van der Waals surface area contributed by atoms with Crippen molar-refractivity contribution < 1.29 is 0 Å². The van der Waals surface area contributed by atoms with Crippen LogP contribution in [0.3, 0.4) is 0 Å². The summed E-state index contributed by atoms with van der Waals surface area (Å²) < 4.78 is 1.64. The van der Waals surface area contributed by atoms with Crippen LogP contribution in [0.4, 0.5) is 5.69 Å². The first kappa shape index (κ1) is 14.6.